The topological polar surface area (TPSA) is 162 Å². The van der Waals surface area contributed by atoms with E-state index in [0.29, 0.717) is 12.8 Å². The molecule has 3 heterocycles. The Morgan fingerprint density at radius 3 is 2.41 bits per heavy atom. The number of aliphatic hydroxyl groups excluding tert-OH is 2. The average Bonchev–Trinajstić information content (AvgIpc) is 3.30. The van der Waals surface area contributed by atoms with Crippen molar-refractivity contribution in [2.45, 2.75) is 102 Å². The van der Waals surface area contributed by atoms with Gasteiger partial charge in [-0.25, -0.2) is 0 Å². The van der Waals surface area contributed by atoms with Gasteiger partial charge in [0.15, 0.2) is 12.3 Å². The summed E-state index contributed by atoms with van der Waals surface area (Å²) in [6, 6.07) is 0. The molecule has 3 aliphatic heterocycles. The molecule has 0 aromatic heterocycles. The number of hydrogen-bond acceptors (Lipinski definition) is 11. The summed E-state index contributed by atoms with van der Waals surface area (Å²) >= 11 is 0. The number of hydrogen-bond donors (Lipinski definition) is 3. The number of nitrogens with one attached hydrogen (secondary N) is 1. The first-order chi connectivity index (χ1) is 20.7. The zero-order valence-corrected chi connectivity index (χ0v) is 26.9. The van der Waals surface area contributed by atoms with Crippen LogP contribution in [0, 0.1) is 11.3 Å². The highest BCUT2D eigenvalue weighted by Crippen LogP contribution is 2.42. The Kier molecular flexibility index (Phi) is 12.7. The fourth-order valence-electron chi connectivity index (χ4n) is 5.99. The third kappa shape index (κ3) is 8.13. The van der Waals surface area contributed by atoms with Crippen LogP contribution >= 0.6 is 0 Å². The Morgan fingerprint density at radius 1 is 1.18 bits per heavy atom. The van der Waals surface area contributed by atoms with E-state index in [9.17, 15) is 24.6 Å². The van der Waals surface area contributed by atoms with Crippen LogP contribution in [0.3, 0.4) is 0 Å². The molecule has 9 atom stereocenters. The average molecular weight is 627 g/mol. The summed E-state index contributed by atoms with van der Waals surface area (Å²) in [6.07, 6.45) is -1.94. The first kappa shape index (κ1) is 36.2. The Balaban J connectivity index is 1.74. The van der Waals surface area contributed by atoms with Crippen molar-refractivity contribution in [1.29, 1.82) is 0 Å². The van der Waals surface area contributed by atoms with E-state index in [0.717, 1.165) is 10.5 Å². The van der Waals surface area contributed by atoms with Gasteiger partial charge in [-0.1, -0.05) is 32.9 Å². The molecule has 0 aromatic rings. The second-order valence-corrected chi connectivity index (χ2v) is 12.5. The van der Waals surface area contributed by atoms with Crippen molar-refractivity contribution < 1.29 is 53.0 Å². The van der Waals surface area contributed by atoms with E-state index in [-0.39, 0.29) is 56.4 Å². The first-order valence-corrected chi connectivity index (χ1v) is 15.1. The van der Waals surface area contributed by atoms with Crippen molar-refractivity contribution in [3.8, 4) is 0 Å². The summed E-state index contributed by atoms with van der Waals surface area (Å²) in [5.74, 6) is -3.07. The predicted molar refractivity (Wildman–Crippen MR) is 158 cm³/mol. The van der Waals surface area contributed by atoms with Crippen molar-refractivity contribution in [2.24, 2.45) is 11.3 Å². The highest BCUT2D eigenvalue weighted by Gasteiger charge is 2.52. The first-order valence-electron chi connectivity index (χ1n) is 15.1. The molecular weight excluding hydrogens is 576 g/mol. The Hall–Kier alpha value is -2.23. The molecule has 0 spiro atoms. The minimum Gasteiger partial charge on any atom is -0.391 e. The van der Waals surface area contributed by atoms with Crippen molar-refractivity contribution >= 4 is 17.7 Å². The molecule has 44 heavy (non-hydrogen) atoms. The van der Waals surface area contributed by atoms with Gasteiger partial charge in [-0.2, -0.15) is 0 Å². The molecule has 13 heteroatoms. The summed E-state index contributed by atoms with van der Waals surface area (Å²) in [6.45, 7) is 12.4. The lowest BCUT2D eigenvalue weighted by molar-refractivity contribution is -0.298. The molecule has 3 rings (SSSR count). The van der Waals surface area contributed by atoms with Crippen LogP contribution in [-0.4, -0.2) is 123 Å². The van der Waals surface area contributed by atoms with Gasteiger partial charge in [-0.15, -0.1) is 0 Å². The van der Waals surface area contributed by atoms with Crippen LogP contribution in [0.15, 0.2) is 24.3 Å². The van der Waals surface area contributed by atoms with Crippen LogP contribution in [0.4, 0.5) is 0 Å². The Labute approximate surface area is 259 Å². The molecular formula is C31H50N2O11. The highest BCUT2D eigenvalue weighted by molar-refractivity contribution is 6.12. The van der Waals surface area contributed by atoms with E-state index >= 15 is 0 Å². The Bertz CT molecular complexity index is 1050. The molecule has 2 saturated heterocycles. The number of ether oxygens (including phenoxy) is 6. The van der Waals surface area contributed by atoms with E-state index in [2.05, 4.69) is 11.9 Å². The summed E-state index contributed by atoms with van der Waals surface area (Å²) < 4.78 is 35.1. The second-order valence-electron chi connectivity index (χ2n) is 12.5. The van der Waals surface area contributed by atoms with E-state index in [1.54, 1.807) is 0 Å². The third-order valence-electron chi connectivity index (χ3n) is 9.13. The quantitative estimate of drug-likeness (QED) is 0.103. The molecule has 13 nitrogen and oxygen atoms in total. The van der Waals surface area contributed by atoms with Gasteiger partial charge in [-0.05, 0) is 13.3 Å². The van der Waals surface area contributed by atoms with E-state index in [1.807, 2.05) is 27.7 Å². The standard InChI is InChI=1S/C31H50N2O11/c1-18-16-31(41-8,44-20(3)19(18)2)27(37)28(38)32-29(40-7)22-15-23(30(4,5)24(43-22)14-21(34)17-39-6)42-13-9-12-33-25(35)10-11-26(33)36/h10-11,19-24,27,29,34,37H,1,9,12-17H2,2-8H3,(H,32,38). The number of methoxy groups -OCH3 is 3. The molecule has 3 N–H and O–H groups in total. The fraction of sp³-hybridized carbons (Fsp3) is 0.774. The predicted octanol–water partition coefficient (Wildman–Crippen LogP) is 1.06. The fourth-order valence-corrected chi connectivity index (χ4v) is 5.99. The van der Waals surface area contributed by atoms with Gasteiger partial charge in [0.2, 0.25) is 5.79 Å². The zero-order valence-electron chi connectivity index (χ0n) is 26.9. The molecule has 0 aromatic carbocycles. The molecule has 0 bridgehead atoms. The van der Waals surface area contributed by atoms with Gasteiger partial charge in [0.25, 0.3) is 17.7 Å². The van der Waals surface area contributed by atoms with Crippen LogP contribution in [-0.2, 0) is 42.8 Å². The number of aliphatic hydroxyl groups is 2. The molecule has 0 aliphatic carbocycles. The van der Waals surface area contributed by atoms with Crippen molar-refractivity contribution in [3.05, 3.63) is 24.3 Å². The maximum atomic E-state index is 13.4. The van der Waals surface area contributed by atoms with E-state index in [4.69, 9.17) is 28.4 Å². The summed E-state index contributed by atoms with van der Waals surface area (Å²) in [5.41, 5.74) is 0.211. The largest absolute Gasteiger partial charge is 0.391 e. The number of nitrogens with zero attached hydrogens (tertiary/aromatic N) is 1. The number of amides is 3. The van der Waals surface area contributed by atoms with Gasteiger partial charge in [0.05, 0.1) is 31.0 Å². The molecule has 3 amide bonds. The SMILES string of the molecule is C=C1CC(OC)(C(O)C(=O)NC(OC)C2CC(OCCCN3C(=O)C=CC3=O)C(C)(C)C(CC(O)COC)O2)OC(C)C1C. The summed E-state index contributed by atoms with van der Waals surface area (Å²) in [5, 5.41) is 24.5. The number of carbonyl (C=O) groups excluding carboxylic acids is 3. The molecule has 0 saturated carbocycles. The highest BCUT2D eigenvalue weighted by atomic mass is 16.7. The van der Waals surface area contributed by atoms with Gasteiger partial charge < -0.3 is 44.0 Å². The Morgan fingerprint density at radius 2 is 1.84 bits per heavy atom. The number of carbonyl (C=O) groups is 3. The van der Waals surface area contributed by atoms with Gasteiger partial charge in [0.1, 0.15) is 6.10 Å². The minimum atomic E-state index is -1.70. The van der Waals surface area contributed by atoms with Crippen LogP contribution in [0.1, 0.15) is 53.4 Å². The smallest absolute Gasteiger partial charge is 0.256 e. The van der Waals surface area contributed by atoms with Gasteiger partial charge in [0, 0.05) is 77.2 Å². The normalized spacial score (nSPS) is 32.5. The van der Waals surface area contributed by atoms with Crippen LogP contribution in [0.2, 0.25) is 0 Å². The molecule has 250 valence electrons. The lowest BCUT2D eigenvalue weighted by atomic mass is 9.74. The number of rotatable bonds is 15. The third-order valence-corrected chi connectivity index (χ3v) is 9.13. The summed E-state index contributed by atoms with van der Waals surface area (Å²) in [7, 11) is 4.28. The van der Waals surface area contributed by atoms with Crippen molar-refractivity contribution in [2.75, 3.05) is 41.1 Å². The lowest BCUT2D eigenvalue weighted by Gasteiger charge is -2.49. The summed E-state index contributed by atoms with van der Waals surface area (Å²) in [4.78, 5) is 38.4. The lowest BCUT2D eigenvalue weighted by Crippen LogP contribution is -2.62. The van der Waals surface area contributed by atoms with Crippen LogP contribution < -0.4 is 5.32 Å². The monoisotopic (exact) mass is 626 g/mol. The van der Waals surface area contributed by atoms with E-state index in [1.165, 1.54) is 33.5 Å². The van der Waals surface area contributed by atoms with Gasteiger partial charge >= 0.3 is 0 Å². The van der Waals surface area contributed by atoms with Crippen LogP contribution in [0.25, 0.3) is 0 Å². The number of imide groups is 1. The van der Waals surface area contributed by atoms with Gasteiger partial charge in [-0.3, -0.25) is 19.3 Å². The molecule has 2 fully saturated rings. The van der Waals surface area contributed by atoms with Crippen molar-refractivity contribution in [3.63, 3.8) is 0 Å². The molecule has 3 aliphatic rings. The molecule has 9 unspecified atom stereocenters. The molecule has 0 radical (unpaired) electrons. The minimum absolute atomic E-state index is 0.0228. The van der Waals surface area contributed by atoms with Crippen LogP contribution in [0.5, 0.6) is 0 Å². The second kappa shape index (κ2) is 15.4. The zero-order chi connectivity index (χ0) is 32.8. The maximum Gasteiger partial charge on any atom is 0.256 e. The van der Waals surface area contributed by atoms with E-state index < -0.39 is 53.9 Å². The maximum absolute atomic E-state index is 13.4. The van der Waals surface area contributed by atoms with Crippen molar-refractivity contribution in [1.82, 2.24) is 10.2 Å².